The molecule has 0 bridgehead atoms. The van der Waals surface area contributed by atoms with Crippen LogP contribution in [0.5, 0.6) is 5.75 Å². The van der Waals surface area contributed by atoms with E-state index in [9.17, 15) is 9.59 Å². The van der Waals surface area contributed by atoms with Gasteiger partial charge >= 0.3 is 0 Å². The first kappa shape index (κ1) is 18.4. The van der Waals surface area contributed by atoms with Crippen LogP contribution in [0.3, 0.4) is 0 Å². The second kappa shape index (κ2) is 7.90. The smallest absolute Gasteiger partial charge is 0.262 e. The number of aromatic nitrogens is 2. The van der Waals surface area contributed by atoms with Gasteiger partial charge < -0.3 is 19.8 Å². The van der Waals surface area contributed by atoms with Gasteiger partial charge in [-0.3, -0.25) is 9.59 Å². The van der Waals surface area contributed by atoms with Gasteiger partial charge in [0.15, 0.2) is 18.0 Å². The molecule has 0 saturated heterocycles. The van der Waals surface area contributed by atoms with Crippen LogP contribution in [0, 0.1) is 6.92 Å². The van der Waals surface area contributed by atoms with Crippen LogP contribution in [0.25, 0.3) is 5.65 Å². The van der Waals surface area contributed by atoms with Crippen LogP contribution in [-0.4, -0.2) is 27.8 Å². The van der Waals surface area contributed by atoms with Crippen LogP contribution in [0.1, 0.15) is 25.1 Å². The number of anilines is 2. The molecule has 0 spiro atoms. The van der Waals surface area contributed by atoms with E-state index in [2.05, 4.69) is 15.6 Å². The number of amides is 2. The van der Waals surface area contributed by atoms with Crippen molar-refractivity contribution in [1.29, 1.82) is 0 Å². The molecule has 7 nitrogen and oxygen atoms in total. The Labute approximate surface area is 157 Å². The zero-order chi connectivity index (χ0) is 19.4. The third-order valence-electron chi connectivity index (χ3n) is 4.01. The summed E-state index contributed by atoms with van der Waals surface area (Å²) in [5, 5.41) is 5.57. The highest BCUT2D eigenvalue weighted by Gasteiger charge is 2.11. The number of ether oxygens (including phenoxy) is 1. The third kappa shape index (κ3) is 4.44. The predicted octanol–water partition coefficient (Wildman–Crippen LogP) is 3.18. The van der Waals surface area contributed by atoms with E-state index in [0.29, 0.717) is 22.8 Å². The van der Waals surface area contributed by atoms with Crippen molar-refractivity contribution in [2.24, 2.45) is 0 Å². The summed E-state index contributed by atoms with van der Waals surface area (Å²) >= 11 is 0. The Morgan fingerprint density at radius 1 is 1.22 bits per heavy atom. The number of aryl methyl sites for hydroxylation is 2. The number of nitrogens with one attached hydrogen (secondary N) is 2. The van der Waals surface area contributed by atoms with Crippen molar-refractivity contribution >= 4 is 28.8 Å². The lowest BCUT2D eigenvalue weighted by atomic mass is 10.1. The Morgan fingerprint density at radius 3 is 2.78 bits per heavy atom. The van der Waals surface area contributed by atoms with Gasteiger partial charge in [-0.15, -0.1) is 0 Å². The van der Waals surface area contributed by atoms with E-state index in [1.165, 1.54) is 6.92 Å². The third-order valence-corrected chi connectivity index (χ3v) is 4.01. The Morgan fingerprint density at radius 2 is 2.04 bits per heavy atom. The minimum absolute atomic E-state index is 0.140. The topological polar surface area (TPSA) is 84.7 Å². The summed E-state index contributed by atoms with van der Waals surface area (Å²) in [5.74, 6) is 0.0985. The minimum atomic E-state index is -0.282. The lowest BCUT2D eigenvalue weighted by Gasteiger charge is -2.13. The Kier molecular flexibility index (Phi) is 5.40. The summed E-state index contributed by atoms with van der Waals surface area (Å²) in [4.78, 5) is 28.0. The number of pyridine rings is 1. The molecule has 0 saturated carbocycles. The van der Waals surface area contributed by atoms with Crippen LogP contribution >= 0.6 is 0 Å². The Bertz CT molecular complexity index is 994. The van der Waals surface area contributed by atoms with Gasteiger partial charge in [-0.05, 0) is 43.2 Å². The van der Waals surface area contributed by atoms with Gasteiger partial charge in [0.05, 0.1) is 5.69 Å². The van der Waals surface area contributed by atoms with E-state index in [-0.39, 0.29) is 18.4 Å². The van der Waals surface area contributed by atoms with Crippen molar-refractivity contribution in [3.05, 3.63) is 54.0 Å². The molecule has 2 aromatic heterocycles. The van der Waals surface area contributed by atoms with E-state index < -0.39 is 0 Å². The molecule has 0 aliphatic rings. The molecule has 2 amide bonds. The van der Waals surface area contributed by atoms with Crippen LogP contribution in [0.4, 0.5) is 11.4 Å². The number of imidazole rings is 1. The van der Waals surface area contributed by atoms with E-state index in [4.69, 9.17) is 4.74 Å². The van der Waals surface area contributed by atoms with Gasteiger partial charge in [0.1, 0.15) is 0 Å². The van der Waals surface area contributed by atoms with Crippen LogP contribution in [-0.2, 0) is 16.0 Å². The molecular formula is C20H22N4O3. The van der Waals surface area contributed by atoms with E-state index >= 15 is 0 Å². The summed E-state index contributed by atoms with van der Waals surface area (Å²) in [6.07, 6.45) is 4.52. The first-order chi connectivity index (χ1) is 13.0. The van der Waals surface area contributed by atoms with Crippen molar-refractivity contribution in [2.75, 3.05) is 17.2 Å². The average molecular weight is 366 g/mol. The van der Waals surface area contributed by atoms with Crippen LogP contribution < -0.4 is 15.4 Å². The maximum absolute atomic E-state index is 12.4. The van der Waals surface area contributed by atoms with Gasteiger partial charge in [0.2, 0.25) is 5.91 Å². The zero-order valence-electron chi connectivity index (χ0n) is 15.6. The fourth-order valence-corrected chi connectivity index (χ4v) is 2.83. The first-order valence-electron chi connectivity index (χ1n) is 8.73. The molecule has 140 valence electrons. The monoisotopic (exact) mass is 366 g/mol. The Balaban J connectivity index is 1.70. The molecule has 0 unspecified atom stereocenters. The van der Waals surface area contributed by atoms with Gasteiger partial charge in [-0.25, -0.2) is 4.98 Å². The number of carbonyl (C=O) groups is 2. The van der Waals surface area contributed by atoms with Crippen LogP contribution in [0.2, 0.25) is 0 Å². The maximum atomic E-state index is 12.4. The van der Waals surface area contributed by atoms with Crippen LogP contribution in [0.15, 0.2) is 42.7 Å². The van der Waals surface area contributed by atoms with Gasteiger partial charge in [-0.2, -0.15) is 0 Å². The second-order valence-electron chi connectivity index (χ2n) is 6.23. The molecule has 27 heavy (non-hydrogen) atoms. The lowest BCUT2D eigenvalue weighted by Crippen LogP contribution is -2.21. The highest BCUT2D eigenvalue weighted by atomic mass is 16.5. The molecule has 0 aliphatic heterocycles. The predicted molar refractivity (Wildman–Crippen MR) is 104 cm³/mol. The molecule has 0 atom stereocenters. The molecule has 0 fully saturated rings. The van der Waals surface area contributed by atoms with Crippen molar-refractivity contribution < 1.29 is 14.3 Å². The average Bonchev–Trinajstić information content (AvgIpc) is 3.00. The van der Waals surface area contributed by atoms with Gasteiger partial charge in [-0.1, -0.05) is 13.0 Å². The van der Waals surface area contributed by atoms with Gasteiger partial charge in [0, 0.05) is 30.7 Å². The highest BCUT2D eigenvalue weighted by Crippen LogP contribution is 2.22. The summed E-state index contributed by atoms with van der Waals surface area (Å²) in [6, 6.07) is 9.07. The van der Waals surface area contributed by atoms with E-state index in [1.807, 2.05) is 48.8 Å². The molecule has 0 aliphatic carbocycles. The van der Waals surface area contributed by atoms with Crippen molar-refractivity contribution in [1.82, 2.24) is 9.38 Å². The normalized spacial score (nSPS) is 10.6. The summed E-state index contributed by atoms with van der Waals surface area (Å²) in [7, 11) is 0. The van der Waals surface area contributed by atoms with Crippen molar-refractivity contribution in [2.45, 2.75) is 27.2 Å². The molecule has 0 radical (unpaired) electrons. The molecular weight excluding hydrogens is 344 g/mol. The maximum Gasteiger partial charge on any atom is 0.262 e. The van der Waals surface area contributed by atoms with E-state index in [0.717, 1.165) is 17.7 Å². The quantitative estimate of drug-likeness (QED) is 0.702. The van der Waals surface area contributed by atoms with Gasteiger partial charge in [0.25, 0.3) is 5.91 Å². The SMILES string of the molecule is CCc1ccc(NC(C)=O)cc1NC(=O)COc1cccn2cc(C)nc12. The molecule has 2 heterocycles. The molecule has 2 N–H and O–H groups in total. The molecule has 3 rings (SSSR count). The zero-order valence-corrected chi connectivity index (χ0v) is 15.6. The first-order valence-corrected chi connectivity index (χ1v) is 8.73. The fraction of sp³-hybridized carbons (Fsp3) is 0.250. The number of nitrogens with zero attached hydrogens (tertiary/aromatic N) is 2. The standard InChI is InChI=1S/C20H22N4O3/c1-4-15-7-8-16(22-14(3)25)10-17(15)23-19(26)12-27-18-6-5-9-24-11-13(2)21-20(18)24/h5-11H,4,12H2,1-3H3,(H,22,25)(H,23,26). The molecule has 3 aromatic rings. The number of hydrogen-bond acceptors (Lipinski definition) is 4. The lowest BCUT2D eigenvalue weighted by molar-refractivity contribution is -0.118. The Hall–Kier alpha value is -3.35. The fourth-order valence-electron chi connectivity index (χ4n) is 2.83. The second-order valence-corrected chi connectivity index (χ2v) is 6.23. The molecule has 1 aromatic carbocycles. The summed E-state index contributed by atoms with van der Waals surface area (Å²) in [6.45, 7) is 5.20. The summed E-state index contributed by atoms with van der Waals surface area (Å²) < 4.78 is 7.53. The summed E-state index contributed by atoms with van der Waals surface area (Å²) in [5.41, 5.74) is 3.81. The molecule has 7 heteroatoms. The number of benzene rings is 1. The highest BCUT2D eigenvalue weighted by molar-refractivity contribution is 5.95. The van der Waals surface area contributed by atoms with Crippen molar-refractivity contribution in [3.63, 3.8) is 0 Å². The minimum Gasteiger partial charge on any atom is -0.480 e. The number of hydrogen-bond donors (Lipinski definition) is 2. The van der Waals surface area contributed by atoms with E-state index in [1.54, 1.807) is 12.1 Å². The number of carbonyl (C=O) groups excluding carboxylic acids is 2. The van der Waals surface area contributed by atoms with Crippen molar-refractivity contribution in [3.8, 4) is 5.75 Å². The largest absolute Gasteiger partial charge is 0.480 e. The number of rotatable bonds is 6. The number of fused-ring (bicyclic) bond motifs is 1.